The fraction of sp³-hybridized carbons (Fsp3) is 0.462. The number of ether oxygens (including phenoxy) is 1. The maximum atomic E-state index is 11.4. The lowest BCUT2D eigenvalue weighted by molar-refractivity contribution is 0.0272. The van der Waals surface area contributed by atoms with Crippen LogP contribution in [-0.2, 0) is 11.2 Å². The molecule has 0 saturated heterocycles. The van der Waals surface area contributed by atoms with Crippen LogP contribution >= 0.6 is 11.6 Å². The van der Waals surface area contributed by atoms with Gasteiger partial charge in [0.15, 0.2) is 0 Å². The molecule has 4 nitrogen and oxygen atoms in total. The Bertz CT molecular complexity index is 418. The second-order valence-corrected chi connectivity index (χ2v) is 5.21. The summed E-state index contributed by atoms with van der Waals surface area (Å²) in [7, 11) is 0. The monoisotopic (exact) mass is 271 g/mol. The van der Waals surface area contributed by atoms with E-state index in [1.165, 1.54) is 6.92 Å². The van der Waals surface area contributed by atoms with Crippen LogP contribution in [0.4, 0.5) is 4.79 Å². The molecule has 0 aromatic heterocycles. The van der Waals surface area contributed by atoms with Crippen molar-refractivity contribution in [2.45, 2.75) is 39.0 Å². The number of nitrogens with one attached hydrogen (secondary N) is 1. The molecule has 1 unspecified atom stereocenters. The van der Waals surface area contributed by atoms with Crippen LogP contribution in [0.1, 0.15) is 26.3 Å². The summed E-state index contributed by atoms with van der Waals surface area (Å²) in [5.74, 6) is 0. The Kier molecular flexibility index (Phi) is 4.99. The van der Waals surface area contributed by atoms with Gasteiger partial charge in [0.1, 0.15) is 11.8 Å². The molecule has 0 radical (unpaired) electrons. The van der Waals surface area contributed by atoms with Gasteiger partial charge in [0, 0.05) is 11.4 Å². The summed E-state index contributed by atoms with van der Waals surface area (Å²) in [5.41, 5.74) is 0.307. The minimum atomic E-state index is -0.931. The van der Waals surface area contributed by atoms with Crippen molar-refractivity contribution in [3.05, 3.63) is 34.9 Å². The third-order valence-electron chi connectivity index (χ3n) is 2.21. The quantitative estimate of drug-likeness (QED) is 0.828. The van der Waals surface area contributed by atoms with Gasteiger partial charge in [0.25, 0.3) is 0 Å². The summed E-state index contributed by atoms with van der Waals surface area (Å²) in [6.07, 6.45) is -1.03. The van der Waals surface area contributed by atoms with Crippen LogP contribution in [0.3, 0.4) is 0 Å². The SMILES string of the molecule is CC(O)NC(=O)OC(C)(C)Cc1cccc(Cl)c1. The van der Waals surface area contributed by atoms with Gasteiger partial charge in [0.05, 0.1) is 0 Å². The first-order valence-electron chi connectivity index (χ1n) is 5.70. The van der Waals surface area contributed by atoms with E-state index < -0.39 is 17.9 Å². The zero-order chi connectivity index (χ0) is 13.8. The van der Waals surface area contributed by atoms with Gasteiger partial charge in [0.2, 0.25) is 0 Å². The lowest BCUT2D eigenvalue weighted by Gasteiger charge is -2.25. The molecule has 0 heterocycles. The molecule has 1 aromatic carbocycles. The van der Waals surface area contributed by atoms with Crippen molar-refractivity contribution in [1.82, 2.24) is 5.32 Å². The van der Waals surface area contributed by atoms with E-state index in [1.807, 2.05) is 18.2 Å². The first kappa shape index (κ1) is 14.8. The second kappa shape index (κ2) is 6.07. The van der Waals surface area contributed by atoms with Crippen LogP contribution in [0.2, 0.25) is 5.02 Å². The van der Waals surface area contributed by atoms with Crippen LogP contribution in [0.15, 0.2) is 24.3 Å². The predicted molar refractivity (Wildman–Crippen MR) is 70.5 cm³/mol. The summed E-state index contributed by atoms with van der Waals surface area (Å²) in [6.45, 7) is 5.05. The number of alkyl carbamates (subject to hydrolysis) is 1. The molecule has 0 spiro atoms. The molecule has 0 saturated carbocycles. The number of carbonyl (C=O) groups excluding carboxylic acids is 1. The van der Waals surface area contributed by atoms with Crippen LogP contribution in [0, 0.1) is 0 Å². The highest BCUT2D eigenvalue weighted by atomic mass is 35.5. The van der Waals surface area contributed by atoms with Gasteiger partial charge in [-0.15, -0.1) is 0 Å². The molecule has 0 aliphatic carbocycles. The van der Waals surface area contributed by atoms with Crippen LogP contribution < -0.4 is 5.32 Å². The Morgan fingerprint density at radius 3 is 2.78 bits per heavy atom. The summed E-state index contributed by atoms with van der Waals surface area (Å²) in [6, 6.07) is 7.39. The first-order valence-corrected chi connectivity index (χ1v) is 6.08. The topological polar surface area (TPSA) is 58.6 Å². The van der Waals surface area contributed by atoms with Gasteiger partial charge in [-0.3, -0.25) is 5.32 Å². The molecule has 0 aliphatic rings. The van der Waals surface area contributed by atoms with E-state index in [0.717, 1.165) is 5.56 Å². The predicted octanol–water partition coefficient (Wildman–Crippen LogP) is 2.73. The van der Waals surface area contributed by atoms with Crippen molar-refractivity contribution < 1.29 is 14.6 Å². The van der Waals surface area contributed by atoms with Gasteiger partial charge in [-0.25, -0.2) is 4.79 Å². The summed E-state index contributed by atoms with van der Waals surface area (Å²) >= 11 is 5.90. The van der Waals surface area contributed by atoms with Crippen molar-refractivity contribution in [1.29, 1.82) is 0 Å². The van der Waals surface area contributed by atoms with E-state index in [1.54, 1.807) is 19.9 Å². The van der Waals surface area contributed by atoms with E-state index >= 15 is 0 Å². The van der Waals surface area contributed by atoms with E-state index in [9.17, 15) is 4.79 Å². The van der Waals surface area contributed by atoms with Gasteiger partial charge in [-0.2, -0.15) is 0 Å². The number of benzene rings is 1. The van der Waals surface area contributed by atoms with Crippen molar-refractivity contribution in [2.24, 2.45) is 0 Å². The summed E-state index contributed by atoms with van der Waals surface area (Å²) < 4.78 is 5.24. The number of rotatable bonds is 4. The number of hydrogen-bond donors (Lipinski definition) is 2. The Morgan fingerprint density at radius 1 is 1.56 bits per heavy atom. The molecule has 1 atom stereocenters. The molecule has 1 rings (SSSR count). The average molecular weight is 272 g/mol. The highest BCUT2D eigenvalue weighted by Crippen LogP contribution is 2.19. The van der Waals surface area contributed by atoms with Crippen molar-refractivity contribution >= 4 is 17.7 Å². The fourth-order valence-corrected chi connectivity index (χ4v) is 1.84. The van der Waals surface area contributed by atoms with Gasteiger partial charge < -0.3 is 9.84 Å². The lowest BCUT2D eigenvalue weighted by atomic mass is 9.98. The molecule has 0 aliphatic heterocycles. The Labute approximate surface area is 112 Å². The smallest absolute Gasteiger partial charge is 0.409 e. The number of halogens is 1. The minimum absolute atomic E-state index is 0.542. The molecule has 1 amide bonds. The van der Waals surface area contributed by atoms with Gasteiger partial charge >= 0.3 is 6.09 Å². The molecular formula is C13H18ClNO3. The molecule has 100 valence electrons. The molecule has 1 aromatic rings. The normalized spacial score (nSPS) is 12.9. The van der Waals surface area contributed by atoms with Crippen LogP contribution in [0.25, 0.3) is 0 Å². The molecule has 18 heavy (non-hydrogen) atoms. The van der Waals surface area contributed by atoms with Crippen molar-refractivity contribution in [3.63, 3.8) is 0 Å². The van der Waals surface area contributed by atoms with Crippen molar-refractivity contribution in [2.75, 3.05) is 0 Å². The zero-order valence-electron chi connectivity index (χ0n) is 10.7. The van der Waals surface area contributed by atoms with Crippen LogP contribution in [0.5, 0.6) is 0 Å². The van der Waals surface area contributed by atoms with E-state index in [-0.39, 0.29) is 0 Å². The Hall–Kier alpha value is -1.26. The molecule has 0 fully saturated rings. The average Bonchev–Trinajstić information content (AvgIpc) is 2.13. The highest BCUT2D eigenvalue weighted by molar-refractivity contribution is 6.30. The van der Waals surface area contributed by atoms with Gasteiger partial charge in [-0.1, -0.05) is 23.7 Å². The number of carbonyl (C=O) groups is 1. The number of aliphatic hydroxyl groups excluding tert-OH is 1. The largest absolute Gasteiger partial charge is 0.443 e. The number of aliphatic hydroxyl groups is 1. The Balaban J connectivity index is 2.61. The minimum Gasteiger partial charge on any atom is -0.443 e. The third kappa shape index (κ3) is 5.38. The summed E-state index contributed by atoms with van der Waals surface area (Å²) in [4.78, 5) is 11.4. The highest BCUT2D eigenvalue weighted by Gasteiger charge is 2.24. The Morgan fingerprint density at radius 2 is 2.22 bits per heavy atom. The third-order valence-corrected chi connectivity index (χ3v) is 2.45. The maximum Gasteiger partial charge on any atom is 0.409 e. The fourth-order valence-electron chi connectivity index (χ4n) is 1.63. The molecule has 5 heteroatoms. The van der Waals surface area contributed by atoms with Gasteiger partial charge in [-0.05, 0) is 38.5 Å². The first-order chi connectivity index (χ1) is 8.28. The summed E-state index contributed by atoms with van der Waals surface area (Å²) in [5, 5.41) is 11.9. The van der Waals surface area contributed by atoms with E-state index in [4.69, 9.17) is 21.4 Å². The van der Waals surface area contributed by atoms with Crippen LogP contribution in [-0.4, -0.2) is 23.0 Å². The standard InChI is InChI=1S/C13H18ClNO3/c1-9(16)15-12(17)18-13(2,3)8-10-5-4-6-11(14)7-10/h4-7,9,16H,8H2,1-3H3,(H,15,17). The second-order valence-electron chi connectivity index (χ2n) is 4.78. The molecular weight excluding hydrogens is 254 g/mol. The maximum absolute atomic E-state index is 11.4. The number of amides is 1. The molecule has 0 bridgehead atoms. The van der Waals surface area contributed by atoms with E-state index in [2.05, 4.69) is 5.32 Å². The number of hydrogen-bond acceptors (Lipinski definition) is 3. The zero-order valence-corrected chi connectivity index (χ0v) is 11.5. The van der Waals surface area contributed by atoms with Crippen molar-refractivity contribution in [3.8, 4) is 0 Å². The van der Waals surface area contributed by atoms with E-state index in [0.29, 0.717) is 11.4 Å². The molecule has 2 N–H and O–H groups in total. The lowest BCUT2D eigenvalue weighted by Crippen LogP contribution is -2.39.